The number of piperidine rings is 1. The minimum atomic E-state index is -0.689. The molecule has 0 aromatic carbocycles. The van der Waals surface area contributed by atoms with Crippen LogP contribution < -0.4 is 0 Å². The predicted octanol–water partition coefficient (Wildman–Crippen LogP) is 2.05. The molecule has 106 valence electrons. The molecule has 0 atom stereocenters. The Kier molecular flexibility index (Phi) is 5.60. The fraction of sp³-hybridized carbons (Fsp3) is 0.929. The van der Waals surface area contributed by atoms with E-state index in [0.29, 0.717) is 6.04 Å². The van der Waals surface area contributed by atoms with Gasteiger partial charge < -0.3 is 10.0 Å². The Morgan fingerprint density at radius 2 is 1.89 bits per heavy atom. The van der Waals surface area contributed by atoms with Crippen molar-refractivity contribution in [2.75, 3.05) is 26.7 Å². The average molecular weight is 256 g/mol. The van der Waals surface area contributed by atoms with Crippen molar-refractivity contribution in [3.63, 3.8) is 0 Å². The zero-order chi connectivity index (χ0) is 13.8. The largest absolute Gasteiger partial charge is 0.481 e. The van der Waals surface area contributed by atoms with E-state index in [-0.39, 0.29) is 12.0 Å². The smallest absolute Gasteiger partial charge is 0.303 e. The normalized spacial score (nSPS) is 19.4. The highest BCUT2D eigenvalue weighted by molar-refractivity contribution is 5.66. The Bertz CT molecular complexity index is 265. The highest BCUT2D eigenvalue weighted by Gasteiger charge is 2.28. The van der Waals surface area contributed by atoms with Crippen LogP contribution in [-0.2, 0) is 4.79 Å². The Hall–Kier alpha value is -0.610. The van der Waals surface area contributed by atoms with Crippen LogP contribution in [0, 0.1) is 0 Å². The second-order valence-electron chi connectivity index (χ2n) is 6.37. The quantitative estimate of drug-likeness (QED) is 0.817. The van der Waals surface area contributed by atoms with E-state index in [1.165, 1.54) is 12.8 Å². The molecular weight excluding hydrogens is 228 g/mol. The zero-order valence-corrected chi connectivity index (χ0v) is 12.3. The Labute approximate surface area is 111 Å². The number of likely N-dealkylation sites (tertiary alicyclic amines) is 1. The first-order valence-corrected chi connectivity index (χ1v) is 6.98. The first-order chi connectivity index (χ1) is 8.30. The lowest BCUT2D eigenvalue weighted by molar-refractivity contribution is -0.137. The molecule has 0 aliphatic carbocycles. The van der Waals surface area contributed by atoms with Gasteiger partial charge in [0.05, 0.1) is 0 Å². The molecule has 1 rings (SSSR count). The van der Waals surface area contributed by atoms with E-state index in [2.05, 4.69) is 37.6 Å². The number of rotatable bonds is 5. The molecule has 0 aromatic rings. The molecule has 1 aliphatic rings. The Morgan fingerprint density at radius 3 is 2.33 bits per heavy atom. The van der Waals surface area contributed by atoms with Gasteiger partial charge in [-0.15, -0.1) is 0 Å². The van der Waals surface area contributed by atoms with E-state index >= 15 is 0 Å². The molecule has 1 saturated heterocycles. The molecule has 0 unspecified atom stereocenters. The van der Waals surface area contributed by atoms with Gasteiger partial charge in [-0.25, -0.2) is 0 Å². The molecule has 1 heterocycles. The lowest BCUT2D eigenvalue weighted by Crippen LogP contribution is -2.50. The molecule has 1 fully saturated rings. The maximum atomic E-state index is 10.5. The molecule has 18 heavy (non-hydrogen) atoms. The standard InChI is InChI=1S/C14H28N2O2/c1-14(2,3)16-10-7-12(8-11-16)15(4)9-5-6-13(17)18/h12H,5-11H2,1-4H3,(H,17,18). The lowest BCUT2D eigenvalue weighted by Gasteiger charge is -2.43. The number of carboxylic acid groups (broad SMARTS) is 1. The summed E-state index contributed by atoms with van der Waals surface area (Å²) in [6.45, 7) is 10.00. The summed E-state index contributed by atoms with van der Waals surface area (Å²) in [5.74, 6) is -0.689. The van der Waals surface area contributed by atoms with Crippen LogP contribution in [-0.4, -0.2) is 59.1 Å². The summed E-state index contributed by atoms with van der Waals surface area (Å²) < 4.78 is 0. The zero-order valence-electron chi connectivity index (χ0n) is 12.3. The number of carbonyl (C=O) groups is 1. The monoisotopic (exact) mass is 256 g/mol. The highest BCUT2D eigenvalue weighted by Crippen LogP contribution is 2.22. The molecule has 0 radical (unpaired) electrons. The predicted molar refractivity (Wildman–Crippen MR) is 73.8 cm³/mol. The number of carboxylic acids is 1. The number of nitrogens with zero attached hydrogens (tertiary/aromatic N) is 2. The molecule has 4 heteroatoms. The lowest BCUT2D eigenvalue weighted by atomic mass is 9.97. The Morgan fingerprint density at radius 1 is 1.33 bits per heavy atom. The van der Waals surface area contributed by atoms with Crippen molar-refractivity contribution in [1.29, 1.82) is 0 Å². The third-order valence-corrected chi connectivity index (χ3v) is 3.94. The molecular formula is C14H28N2O2. The summed E-state index contributed by atoms with van der Waals surface area (Å²) in [4.78, 5) is 15.4. The van der Waals surface area contributed by atoms with Crippen LogP contribution in [0.5, 0.6) is 0 Å². The van der Waals surface area contributed by atoms with Gasteiger partial charge in [0.1, 0.15) is 0 Å². The fourth-order valence-corrected chi connectivity index (χ4v) is 2.64. The van der Waals surface area contributed by atoms with Crippen LogP contribution in [0.2, 0.25) is 0 Å². The molecule has 0 saturated carbocycles. The summed E-state index contributed by atoms with van der Waals surface area (Å²) in [5.41, 5.74) is 0.271. The van der Waals surface area contributed by atoms with Gasteiger partial charge in [0.2, 0.25) is 0 Å². The number of hydrogen-bond acceptors (Lipinski definition) is 3. The van der Waals surface area contributed by atoms with Gasteiger partial charge in [-0.1, -0.05) is 0 Å². The fourth-order valence-electron chi connectivity index (χ4n) is 2.64. The summed E-state index contributed by atoms with van der Waals surface area (Å²) in [6, 6.07) is 0.623. The third kappa shape index (κ3) is 4.94. The van der Waals surface area contributed by atoms with Crippen molar-refractivity contribution in [3.8, 4) is 0 Å². The van der Waals surface area contributed by atoms with Gasteiger partial charge in [-0.2, -0.15) is 0 Å². The van der Waals surface area contributed by atoms with Crippen LogP contribution >= 0.6 is 0 Å². The van der Waals surface area contributed by atoms with Gasteiger partial charge in [0.15, 0.2) is 0 Å². The molecule has 0 aromatic heterocycles. The van der Waals surface area contributed by atoms with E-state index < -0.39 is 5.97 Å². The highest BCUT2D eigenvalue weighted by atomic mass is 16.4. The van der Waals surface area contributed by atoms with Crippen LogP contribution in [0.15, 0.2) is 0 Å². The summed E-state index contributed by atoms with van der Waals surface area (Å²) in [6.07, 6.45) is 3.43. The average Bonchev–Trinajstić information content (AvgIpc) is 2.27. The van der Waals surface area contributed by atoms with E-state index in [4.69, 9.17) is 5.11 Å². The van der Waals surface area contributed by atoms with Crippen LogP contribution in [0.25, 0.3) is 0 Å². The second kappa shape index (κ2) is 6.53. The Balaban J connectivity index is 2.27. The van der Waals surface area contributed by atoms with E-state index in [1.807, 2.05) is 0 Å². The second-order valence-corrected chi connectivity index (χ2v) is 6.37. The van der Waals surface area contributed by atoms with Crippen LogP contribution in [0.1, 0.15) is 46.5 Å². The summed E-state index contributed by atoms with van der Waals surface area (Å²) in [7, 11) is 2.12. The molecule has 0 bridgehead atoms. The van der Waals surface area contributed by atoms with Crippen molar-refractivity contribution >= 4 is 5.97 Å². The molecule has 0 spiro atoms. The minimum absolute atomic E-state index is 0.271. The maximum absolute atomic E-state index is 10.5. The van der Waals surface area contributed by atoms with E-state index in [9.17, 15) is 4.79 Å². The first-order valence-electron chi connectivity index (χ1n) is 6.98. The van der Waals surface area contributed by atoms with E-state index in [1.54, 1.807) is 0 Å². The first kappa shape index (κ1) is 15.4. The van der Waals surface area contributed by atoms with E-state index in [0.717, 1.165) is 26.1 Å². The van der Waals surface area contributed by atoms with Gasteiger partial charge in [-0.05, 0) is 53.6 Å². The summed E-state index contributed by atoms with van der Waals surface area (Å²) in [5, 5.41) is 8.64. The molecule has 1 N–H and O–H groups in total. The van der Waals surface area contributed by atoms with Gasteiger partial charge >= 0.3 is 5.97 Å². The molecule has 1 aliphatic heterocycles. The van der Waals surface area contributed by atoms with Gasteiger partial charge in [-0.3, -0.25) is 9.69 Å². The van der Waals surface area contributed by atoms with Crippen molar-refractivity contribution in [1.82, 2.24) is 9.80 Å². The minimum Gasteiger partial charge on any atom is -0.481 e. The number of hydrogen-bond donors (Lipinski definition) is 1. The van der Waals surface area contributed by atoms with Crippen molar-refractivity contribution in [2.24, 2.45) is 0 Å². The topological polar surface area (TPSA) is 43.8 Å². The molecule has 0 amide bonds. The summed E-state index contributed by atoms with van der Waals surface area (Å²) >= 11 is 0. The SMILES string of the molecule is CN(CCCC(=O)O)C1CCN(C(C)(C)C)CC1. The maximum Gasteiger partial charge on any atom is 0.303 e. The molecule has 4 nitrogen and oxygen atoms in total. The third-order valence-electron chi connectivity index (χ3n) is 3.94. The van der Waals surface area contributed by atoms with Crippen LogP contribution in [0.4, 0.5) is 0 Å². The van der Waals surface area contributed by atoms with Gasteiger partial charge in [0.25, 0.3) is 0 Å². The van der Waals surface area contributed by atoms with Crippen molar-refractivity contribution in [2.45, 2.75) is 58.0 Å². The van der Waals surface area contributed by atoms with Crippen molar-refractivity contribution in [3.05, 3.63) is 0 Å². The van der Waals surface area contributed by atoms with Gasteiger partial charge in [0, 0.05) is 31.1 Å². The van der Waals surface area contributed by atoms with Crippen molar-refractivity contribution < 1.29 is 9.90 Å². The van der Waals surface area contributed by atoms with Crippen LogP contribution in [0.3, 0.4) is 0 Å². The number of aliphatic carboxylic acids is 1.